The van der Waals surface area contributed by atoms with Gasteiger partial charge in [0.15, 0.2) is 5.60 Å². The Labute approximate surface area is 182 Å². The van der Waals surface area contributed by atoms with E-state index in [9.17, 15) is 18.4 Å². The molecular weight excluding hydrogens is 430 g/mol. The molecule has 1 atom stereocenters. The summed E-state index contributed by atoms with van der Waals surface area (Å²) in [5.41, 5.74) is 0.891. The van der Waals surface area contributed by atoms with Gasteiger partial charge < -0.3 is 25.6 Å². The number of benzene rings is 2. The van der Waals surface area contributed by atoms with Gasteiger partial charge in [0.25, 0.3) is 0 Å². The number of alkyl halides is 2. The Hall–Kier alpha value is -3.07. The van der Waals surface area contributed by atoms with Gasteiger partial charge in [-0.1, -0.05) is 23.7 Å². The van der Waals surface area contributed by atoms with E-state index in [2.05, 4.69) is 16.0 Å². The normalized spacial score (nSPS) is 18.9. The number of hydrogen-bond acceptors (Lipinski definition) is 3. The Morgan fingerprint density at radius 3 is 2.81 bits per heavy atom. The number of carbonyl (C=O) groups excluding carboxylic acids is 2. The third kappa shape index (κ3) is 4.23. The fourth-order valence-corrected chi connectivity index (χ4v) is 3.90. The van der Waals surface area contributed by atoms with Crippen molar-refractivity contribution >= 4 is 35.0 Å². The van der Waals surface area contributed by atoms with Crippen LogP contribution in [0.3, 0.4) is 0 Å². The fraction of sp³-hybridized carbons (Fsp3) is 0.333. The standard InChI is InChI=1S/C21H21ClF2N4O3/c1-28-9-12-2-4-14(7-16(12)27-20(28)30)25-19(29)26-17-8-21(10-23,11-24)31-18-6-13(22)3-5-15(17)18/h2-7,17H,8-11H2,1H3,(H,27,30)(H2,25,26,29)/t17-/m1/s1. The van der Waals surface area contributed by atoms with Crippen LogP contribution in [0.25, 0.3) is 0 Å². The molecule has 0 radical (unpaired) electrons. The summed E-state index contributed by atoms with van der Waals surface area (Å²) in [6, 6.07) is 8.47. The number of amides is 4. The molecule has 31 heavy (non-hydrogen) atoms. The lowest BCUT2D eigenvalue weighted by Gasteiger charge is -2.39. The monoisotopic (exact) mass is 450 g/mol. The number of carbonyl (C=O) groups is 2. The maximum atomic E-state index is 13.6. The molecule has 0 saturated carbocycles. The van der Waals surface area contributed by atoms with E-state index in [-0.39, 0.29) is 18.2 Å². The molecule has 4 rings (SSSR count). The van der Waals surface area contributed by atoms with Crippen LogP contribution < -0.4 is 20.7 Å². The average Bonchev–Trinajstić information content (AvgIpc) is 2.74. The third-order valence-electron chi connectivity index (χ3n) is 5.41. The highest BCUT2D eigenvalue weighted by molar-refractivity contribution is 6.30. The molecule has 2 aliphatic rings. The molecule has 7 nitrogen and oxygen atoms in total. The third-order valence-corrected chi connectivity index (χ3v) is 5.64. The number of hydrogen-bond donors (Lipinski definition) is 3. The highest BCUT2D eigenvalue weighted by Gasteiger charge is 2.42. The van der Waals surface area contributed by atoms with Crippen molar-refractivity contribution in [1.82, 2.24) is 10.2 Å². The van der Waals surface area contributed by atoms with Gasteiger partial charge in [-0.2, -0.15) is 0 Å². The molecule has 0 bridgehead atoms. The van der Waals surface area contributed by atoms with E-state index in [0.717, 1.165) is 5.56 Å². The molecule has 0 saturated heterocycles. The lowest BCUT2D eigenvalue weighted by molar-refractivity contribution is -0.0104. The number of rotatable bonds is 4. The van der Waals surface area contributed by atoms with Crippen molar-refractivity contribution in [3.63, 3.8) is 0 Å². The van der Waals surface area contributed by atoms with Crippen molar-refractivity contribution in [1.29, 1.82) is 0 Å². The Morgan fingerprint density at radius 1 is 1.29 bits per heavy atom. The van der Waals surface area contributed by atoms with E-state index < -0.39 is 31.0 Å². The fourth-order valence-electron chi connectivity index (χ4n) is 3.74. The maximum absolute atomic E-state index is 13.6. The first kappa shape index (κ1) is 21.2. The Kier molecular flexibility index (Phi) is 5.62. The second-order valence-corrected chi connectivity index (χ2v) is 8.18. The van der Waals surface area contributed by atoms with Gasteiger partial charge in [0.2, 0.25) is 0 Å². The van der Waals surface area contributed by atoms with Crippen LogP contribution in [0.1, 0.15) is 23.6 Å². The molecular formula is C21H21ClF2N4O3. The summed E-state index contributed by atoms with van der Waals surface area (Å²) in [5.74, 6) is 0.236. The number of halogens is 3. The number of nitrogens with one attached hydrogen (secondary N) is 3. The summed E-state index contributed by atoms with van der Waals surface area (Å²) in [6.07, 6.45) is -0.0748. The number of fused-ring (bicyclic) bond motifs is 2. The smallest absolute Gasteiger partial charge is 0.321 e. The summed E-state index contributed by atoms with van der Waals surface area (Å²) in [7, 11) is 1.69. The van der Waals surface area contributed by atoms with Crippen LogP contribution in [0.4, 0.5) is 29.7 Å². The van der Waals surface area contributed by atoms with Gasteiger partial charge in [0, 0.05) is 42.0 Å². The van der Waals surface area contributed by atoms with Crippen LogP contribution in [-0.2, 0) is 6.54 Å². The first-order valence-electron chi connectivity index (χ1n) is 9.65. The summed E-state index contributed by atoms with van der Waals surface area (Å²) < 4.78 is 32.8. The van der Waals surface area contributed by atoms with Gasteiger partial charge in [-0.05, 0) is 29.8 Å². The predicted molar refractivity (Wildman–Crippen MR) is 113 cm³/mol. The molecule has 0 aromatic heterocycles. The van der Waals surface area contributed by atoms with Crippen molar-refractivity contribution in [3.8, 4) is 5.75 Å². The molecule has 3 N–H and O–H groups in total. The highest BCUT2D eigenvalue weighted by Crippen LogP contribution is 2.41. The molecule has 2 heterocycles. The number of ether oxygens (including phenoxy) is 1. The maximum Gasteiger partial charge on any atom is 0.321 e. The summed E-state index contributed by atoms with van der Waals surface area (Å²) in [4.78, 5) is 26.0. The molecule has 10 heteroatoms. The zero-order chi connectivity index (χ0) is 22.2. The van der Waals surface area contributed by atoms with Gasteiger partial charge in [-0.15, -0.1) is 0 Å². The van der Waals surface area contributed by atoms with Crippen LogP contribution in [0.15, 0.2) is 36.4 Å². The van der Waals surface area contributed by atoms with Crippen molar-refractivity contribution in [2.24, 2.45) is 0 Å². The Bertz CT molecular complexity index is 1030. The van der Waals surface area contributed by atoms with Crippen LogP contribution in [0, 0.1) is 0 Å². The number of nitrogens with zero attached hydrogens (tertiary/aromatic N) is 1. The summed E-state index contributed by atoms with van der Waals surface area (Å²) >= 11 is 5.99. The van der Waals surface area contributed by atoms with Crippen LogP contribution in [0.5, 0.6) is 5.75 Å². The van der Waals surface area contributed by atoms with E-state index in [1.165, 1.54) is 6.07 Å². The van der Waals surface area contributed by atoms with E-state index in [4.69, 9.17) is 16.3 Å². The predicted octanol–water partition coefficient (Wildman–Crippen LogP) is 4.64. The van der Waals surface area contributed by atoms with E-state index >= 15 is 0 Å². The second kappa shape index (κ2) is 8.22. The van der Waals surface area contributed by atoms with E-state index in [1.807, 2.05) is 6.07 Å². The summed E-state index contributed by atoms with van der Waals surface area (Å²) in [5, 5.41) is 8.57. The van der Waals surface area contributed by atoms with Gasteiger partial charge in [-0.3, -0.25) is 0 Å². The molecule has 0 aliphatic carbocycles. The van der Waals surface area contributed by atoms with Gasteiger partial charge in [0.05, 0.1) is 6.04 Å². The molecule has 2 aromatic rings. The Balaban J connectivity index is 1.52. The minimum absolute atomic E-state index is 0.0748. The largest absolute Gasteiger partial charge is 0.481 e. The first-order valence-corrected chi connectivity index (χ1v) is 10.0. The molecule has 0 spiro atoms. The highest BCUT2D eigenvalue weighted by atomic mass is 35.5. The zero-order valence-corrected chi connectivity index (χ0v) is 17.4. The van der Waals surface area contributed by atoms with Crippen LogP contribution >= 0.6 is 11.6 Å². The summed E-state index contributed by atoms with van der Waals surface area (Å²) in [6.45, 7) is -1.63. The zero-order valence-electron chi connectivity index (χ0n) is 16.7. The van der Waals surface area contributed by atoms with Crippen molar-refractivity contribution in [3.05, 3.63) is 52.5 Å². The minimum Gasteiger partial charge on any atom is -0.481 e. The first-order chi connectivity index (χ1) is 14.8. The lowest BCUT2D eigenvalue weighted by Crippen LogP contribution is -2.49. The van der Waals surface area contributed by atoms with Crippen molar-refractivity contribution in [2.45, 2.75) is 24.6 Å². The Morgan fingerprint density at radius 2 is 2.06 bits per heavy atom. The van der Waals surface area contributed by atoms with E-state index in [0.29, 0.717) is 28.5 Å². The molecule has 2 aromatic carbocycles. The second-order valence-electron chi connectivity index (χ2n) is 7.75. The molecule has 0 fully saturated rings. The quantitative estimate of drug-likeness (QED) is 0.634. The molecule has 2 aliphatic heterocycles. The lowest BCUT2D eigenvalue weighted by atomic mass is 9.88. The van der Waals surface area contributed by atoms with Crippen molar-refractivity contribution < 1.29 is 23.1 Å². The van der Waals surface area contributed by atoms with Gasteiger partial charge in [0.1, 0.15) is 19.1 Å². The van der Waals surface area contributed by atoms with Crippen LogP contribution in [0.2, 0.25) is 5.02 Å². The topological polar surface area (TPSA) is 82.7 Å². The van der Waals surface area contributed by atoms with Gasteiger partial charge in [-0.25, -0.2) is 18.4 Å². The number of urea groups is 2. The number of anilines is 2. The SMILES string of the molecule is CN1Cc2ccc(NC(=O)N[C@@H]3CC(CF)(CF)Oc4cc(Cl)ccc43)cc2NC1=O. The molecule has 164 valence electrons. The van der Waals surface area contributed by atoms with E-state index in [1.54, 1.807) is 36.2 Å². The molecule has 4 amide bonds. The minimum atomic E-state index is -1.68. The van der Waals surface area contributed by atoms with Crippen LogP contribution in [-0.4, -0.2) is 43.0 Å². The average molecular weight is 451 g/mol. The van der Waals surface area contributed by atoms with Gasteiger partial charge >= 0.3 is 12.1 Å². The van der Waals surface area contributed by atoms with Crippen molar-refractivity contribution in [2.75, 3.05) is 31.0 Å². The molecule has 0 unspecified atom stereocenters.